The van der Waals surface area contributed by atoms with Crippen LogP contribution in [0.15, 0.2) is 18.3 Å². The van der Waals surface area contributed by atoms with Crippen LogP contribution in [0.4, 0.5) is 0 Å². The molecule has 0 radical (unpaired) electrons. The quantitative estimate of drug-likeness (QED) is 0.805. The van der Waals surface area contributed by atoms with Gasteiger partial charge >= 0.3 is 5.97 Å². The second-order valence-corrected chi connectivity index (χ2v) is 5.93. The zero-order valence-electron chi connectivity index (χ0n) is 12.1. The number of aliphatic carboxylic acids is 1. The molecule has 1 fully saturated rings. The van der Waals surface area contributed by atoms with Gasteiger partial charge in [-0.25, -0.2) is 0 Å². The monoisotopic (exact) mass is 289 g/mol. The van der Waals surface area contributed by atoms with Crippen molar-refractivity contribution in [2.45, 2.75) is 19.9 Å². The highest BCUT2D eigenvalue weighted by Gasteiger charge is 2.51. The minimum Gasteiger partial charge on any atom is -0.481 e. The maximum absolute atomic E-state index is 12.4. The van der Waals surface area contributed by atoms with E-state index in [-0.39, 0.29) is 17.7 Å². The Kier molecular flexibility index (Phi) is 3.31. The van der Waals surface area contributed by atoms with Gasteiger partial charge in [-0.2, -0.15) is 5.10 Å². The highest BCUT2D eigenvalue weighted by Crippen LogP contribution is 2.48. The fourth-order valence-corrected chi connectivity index (χ4v) is 3.53. The third-order valence-electron chi connectivity index (χ3n) is 4.84. The van der Waals surface area contributed by atoms with Crippen molar-refractivity contribution < 1.29 is 14.7 Å². The smallest absolute Gasteiger partial charge is 0.307 e. The van der Waals surface area contributed by atoms with Crippen LogP contribution in [-0.4, -0.2) is 26.8 Å². The zero-order valence-corrected chi connectivity index (χ0v) is 12.1. The minimum absolute atomic E-state index is 0.00313. The summed E-state index contributed by atoms with van der Waals surface area (Å²) in [6.45, 7) is 2.33. The Morgan fingerprint density at radius 2 is 2.05 bits per heavy atom. The highest BCUT2D eigenvalue weighted by atomic mass is 16.4. The molecule has 2 aliphatic rings. The number of nitrogens with zero attached hydrogens (tertiary/aromatic N) is 2. The molecule has 3 rings (SSSR count). The number of carbonyl (C=O) groups is 2. The first kappa shape index (κ1) is 13.9. The molecule has 2 aliphatic carbocycles. The topological polar surface area (TPSA) is 84.2 Å². The number of hydrogen-bond donors (Lipinski definition) is 2. The van der Waals surface area contributed by atoms with Crippen LogP contribution >= 0.6 is 0 Å². The Morgan fingerprint density at radius 1 is 1.38 bits per heavy atom. The molecule has 0 unspecified atom stereocenters. The molecular weight excluding hydrogens is 270 g/mol. The lowest BCUT2D eigenvalue weighted by Crippen LogP contribution is -2.39. The third-order valence-corrected chi connectivity index (χ3v) is 4.84. The van der Waals surface area contributed by atoms with E-state index in [1.54, 1.807) is 10.9 Å². The Bertz CT molecular complexity index is 620. The number of rotatable bonds is 4. The van der Waals surface area contributed by atoms with E-state index < -0.39 is 17.8 Å². The van der Waals surface area contributed by atoms with Gasteiger partial charge in [0.1, 0.15) is 0 Å². The Labute approximate surface area is 122 Å². The molecule has 112 valence electrons. The summed E-state index contributed by atoms with van der Waals surface area (Å²) in [4.78, 5) is 23.8. The van der Waals surface area contributed by atoms with Crippen molar-refractivity contribution in [3.63, 3.8) is 0 Å². The van der Waals surface area contributed by atoms with Crippen molar-refractivity contribution in [3.05, 3.63) is 29.6 Å². The van der Waals surface area contributed by atoms with Crippen LogP contribution in [-0.2, 0) is 23.2 Å². The molecule has 0 spiro atoms. The molecule has 6 heteroatoms. The Morgan fingerprint density at radius 3 is 2.62 bits per heavy atom. The molecule has 21 heavy (non-hydrogen) atoms. The maximum atomic E-state index is 12.4. The number of aromatic nitrogens is 2. The molecular formula is C15H19N3O3. The fourth-order valence-electron chi connectivity index (χ4n) is 3.53. The van der Waals surface area contributed by atoms with Gasteiger partial charge in [0, 0.05) is 24.8 Å². The van der Waals surface area contributed by atoms with E-state index in [0.29, 0.717) is 6.54 Å². The van der Waals surface area contributed by atoms with Gasteiger partial charge in [0.25, 0.3) is 0 Å². The van der Waals surface area contributed by atoms with Crippen LogP contribution in [0.25, 0.3) is 0 Å². The molecule has 1 heterocycles. The number of hydrogen-bond acceptors (Lipinski definition) is 3. The fraction of sp³-hybridized carbons (Fsp3) is 0.533. The summed E-state index contributed by atoms with van der Waals surface area (Å²) >= 11 is 0. The second-order valence-electron chi connectivity index (χ2n) is 5.93. The van der Waals surface area contributed by atoms with E-state index in [4.69, 9.17) is 0 Å². The van der Waals surface area contributed by atoms with Crippen LogP contribution in [0, 0.1) is 30.6 Å². The minimum atomic E-state index is -0.871. The van der Waals surface area contributed by atoms with Crippen LogP contribution < -0.4 is 5.32 Å². The van der Waals surface area contributed by atoms with Crippen LogP contribution in [0.5, 0.6) is 0 Å². The van der Waals surface area contributed by atoms with Gasteiger partial charge in [0.2, 0.25) is 5.91 Å². The van der Waals surface area contributed by atoms with Crippen molar-refractivity contribution in [2.24, 2.45) is 30.7 Å². The summed E-state index contributed by atoms with van der Waals surface area (Å²) in [5.74, 6) is -2.01. The van der Waals surface area contributed by atoms with E-state index in [1.165, 1.54) is 0 Å². The van der Waals surface area contributed by atoms with Gasteiger partial charge in [-0.15, -0.1) is 0 Å². The number of allylic oxidation sites excluding steroid dienone is 2. The standard InChI is InChI=1S/C15H19N3O3/c1-8-11(7-17-18(8)2)6-16-14(19)12-9-3-4-10(5-9)13(12)15(20)21/h3-4,7,9-10,12-13H,5-6H2,1-2H3,(H,16,19)(H,20,21)/t9-,10+,12-,13+/m1/s1. The first-order valence-electron chi connectivity index (χ1n) is 7.15. The van der Waals surface area contributed by atoms with Gasteiger partial charge in [0.15, 0.2) is 0 Å². The summed E-state index contributed by atoms with van der Waals surface area (Å²) < 4.78 is 1.75. The predicted molar refractivity (Wildman–Crippen MR) is 75.1 cm³/mol. The molecule has 0 aromatic carbocycles. The maximum Gasteiger partial charge on any atom is 0.307 e. The summed E-state index contributed by atoms with van der Waals surface area (Å²) in [5, 5.41) is 16.4. The van der Waals surface area contributed by atoms with Crippen LogP contribution in [0.1, 0.15) is 17.7 Å². The van der Waals surface area contributed by atoms with Gasteiger partial charge in [0.05, 0.1) is 18.0 Å². The Balaban J connectivity index is 1.69. The van der Waals surface area contributed by atoms with E-state index in [1.807, 2.05) is 26.1 Å². The zero-order chi connectivity index (χ0) is 15.1. The lowest BCUT2D eigenvalue weighted by molar-refractivity contribution is -0.147. The van der Waals surface area contributed by atoms with E-state index in [0.717, 1.165) is 17.7 Å². The second kappa shape index (κ2) is 5.02. The molecule has 6 nitrogen and oxygen atoms in total. The number of carboxylic acid groups (broad SMARTS) is 1. The highest BCUT2D eigenvalue weighted by molar-refractivity contribution is 5.86. The van der Waals surface area contributed by atoms with Crippen LogP contribution in [0.3, 0.4) is 0 Å². The Hall–Kier alpha value is -2.11. The lowest BCUT2D eigenvalue weighted by Gasteiger charge is -2.23. The number of carbonyl (C=O) groups excluding carboxylic acids is 1. The van der Waals surface area contributed by atoms with Crippen LogP contribution in [0.2, 0.25) is 0 Å². The number of aryl methyl sites for hydroxylation is 1. The summed E-state index contributed by atoms with van der Waals surface area (Å²) in [7, 11) is 1.85. The van der Waals surface area contributed by atoms with Crippen molar-refractivity contribution in [1.82, 2.24) is 15.1 Å². The molecule has 1 aromatic rings. The predicted octanol–water partition coefficient (Wildman–Crippen LogP) is 0.868. The molecule has 0 aliphatic heterocycles. The lowest BCUT2D eigenvalue weighted by atomic mass is 9.82. The summed E-state index contributed by atoms with van der Waals surface area (Å²) in [6, 6.07) is 0. The van der Waals surface area contributed by atoms with Crippen molar-refractivity contribution in [3.8, 4) is 0 Å². The van der Waals surface area contributed by atoms with Gasteiger partial charge < -0.3 is 10.4 Å². The summed E-state index contributed by atoms with van der Waals surface area (Å²) in [6.07, 6.45) is 6.44. The number of carboxylic acids is 1. The SMILES string of the molecule is Cc1c(CNC(=O)[C@H]2[C@@H](C(=O)O)[C@H]3C=C[C@@H]2C3)cnn1C. The number of nitrogens with one attached hydrogen (secondary N) is 1. The van der Waals surface area contributed by atoms with Crippen molar-refractivity contribution in [2.75, 3.05) is 0 Å². The van der Waals surface area contributed by atoms with Crippen molar-refractivity contribution >= 4 is 11.9 Å². The molecule has 1 amide bonds. The first-order chi connectivity index (χ1) is 9.99. The first-order valence-corrected chi connectivity index (χ1v) is 7.15. The van der Waals surface area contributed by atoms with Gasteiger partial charge in [-0.05, 0) is 25.2 Å². The largest absolute Gasteiger partial charge is 0.481 e. The molecule has 1 aromatic heterocycles. The molecule has 1 saturated carbocycles. The molecule has 4 atom stereocenters. The molecule has 0 saturated heterocycles. The van der Waals surface area contributed by atoms with Gasteiger partial charge in [-0.3, -0.25) is 14.3 Å². The summed E-state index contributed by atoms with van der Waals surface area (Å²) in [5.41, 5.74) is 1.95. The molecule has 2 bridgehead atoms. The normalized spacial score (nSPS) is 29.8. The average molecular weight is 289 g/mol. The van der Waals surface area contributed by atoms with E-state index in [9.17, 15) is 14.7 Å². The number of amides is 1. The molecule has 2 N–H and O–H groups in total. The van der Waals surface area contributed by atoms with Crippen molar-refractivity contribution in [1.29, 1.82) is 0 Å². The number of fused-ring (bicyclic) bond motifs is 2. The average Bonchev–Trinajstić information content (AvgIpc) is 3.13. The third kappa shape index (κ3) is 2.24. The van der Waals surface area contributed by atoms with Gasteiger partial charge in [-0.1, -0.05) is 12.2 Å². The van der Waals surface area contributed by atoms with E-state index >= 15 is 0 Å². The van der Waals surface area contributed by atoms with E-state index in [2.05, 4.69) is 10.4 Å².